The molecule has 0 aromatic heterocycles. The fourth-order valence-corrected chi connectivity index (χ4v) is 4.63. The summed E-state index contributed by atoms with van der Waals surface area (Å²) in [7, 11) is 0. The van der Waals surface area contributed by atoms with E-state index in [1.807, 2.05) is 6.92 Å². The Kier molecular flexibility index (Phi) is 7.93. The average molecular weight is 509 g/mol. The Balaban J connectivity index is 1.46. The zero-order chi connectivity index (χ0) is 25.9. The third-order valence-electron chi connectivity index (χ3n) is 6.60. The van der Waals surface area contributed by atoms with Crippen molar-refractivity contribution in [1.82, 2.24) is 0 Å². The minimum Gasteiger partial charge on any atom is -0.429 e. The molecule has 0 amide bonds. The predicted octanol–water partition coefficient (Wildman–Crippen LogP) is 8.35. The van der Waals surface area contributed by atoms with Crippen molar-refractivity contribution in [1.29, 1.82) is 0 Å². The Hall–Kier alpha value is -3.00. The zero-order valence-electron chi connectivity index (χ0n) is 19.7. The molecule has 1 aliphatic carbocycles. The normalized spacial score (nSPS) is 18.3. The molecule has 36 heavy (non-hydrogen) atoms. The fourth-order valence-electron chi connectivity index (χ4n) is 4.63. The molecule has 1 aliphatic rings. The second-order valence-corrected chi connectivity index (χ2v) is 9.01. The maximum absolute atomic E-state index is 14.8. The number of hydrogen-bond acceptors (Lipinski definition) is 2. The average Bonchev–Trinajstić information content (AvgIpc) is 2.84. The van der Waals surface area contributed by atoms with Crippen LogP contribution in [0.5, 0.6) is 5.75 Å². The van der Waals surface area contributed by atoms with Crippen LogP contribution in [0.4, 0.5) is 26.3 Å². The third-order valence-corrected chi connectivity index (χ3v) is 6.60. The summed E-state index contributed by atoms with van der Waals surface area (Å²) in [6.45, 7) is 3.30. The molecule has 1 fully saturated rings. The lowest BCUT2D eigenvalue weighted by Crippen LogP contribution is -2.24. The molecule has 0 aliphatic heterocycles. The van der Waals surface area contributed by atoms with Crippen LogP contribution in [-0.4, -0.2) is 13.2 Å². The van der Waals surface area contributed by atoms with Crippen molar-refractivity contribution in [2.75, 3.05) is 13.2 Å². The van der Waals surface area contributed by atoms with Crippen LogP contribution in [0.25, 0.3) is 11.1 Å². The molecule has 0 spiro atoms. The fraction of sp³-hybridized carbons (Fsp3) is 0.357. The Morgan fingerprint density at radius 1 is 0.778 bits per heavy atom. The third kappa shape index (κ3) is 5.86. The van der Waals surface area contributed by atoms with Crippen molar-refractivity contribution in [3.05, 3.63) is 89.0 Å². The monoisotopic (exact) mass is 508 g/mol. The van der Waals surface area contributed by atoms with E-state index in [0.29, 0.717) is 30.8 Å². The van der Waals surface area contributed by atoms with Gasteiger partial charge in [0.15, 0.2) is 11.6 Å². The Labute approximate surface area is 205 Å². The highest BCUT2D eigenvalue weighted by Gasteiger charge is 2.38. The molecular formula is C28H26F6O2. The van der Waals surface area contributed by atoms with E-state index in [1.54, 1.807) is 0 Å². The summed E-state index contributed by atoms with van der Waals surface area (Å²) < 4.78 is 95.7. The summed E-state index contributed by atoms with van der Waals surface area (Å²) in [6, 6.07) is 9.25. The van der Waals surface area contributed by atoms with Crippen LogP contribution >= 0.6 is 0 Å². The van der Waals surface area contributed by atoms with E-state index < -0.39 is 40.7 Å². The van der Waals surface area contributed by atoms with E-state index in [-0.39, 0.29) is 17.0 Å². The van der Waals surface area contributed by atoms with Gasteiger partial charge in [-0.05, 0) is 92.0 Å². The number of rotatable bonds is 8. The molecule has 0 N–H and O–H groups in total. The molecule has 0 atom stereocenters. The first-order valence-electron chi connectivity index (χ1n) is 11.9. The summed E-state index contributed by atoms with van der Waals surface area (Å²) >= 11 is 0. The second-order valence-electron chi connectivity index (χ2n) is 9.01. The van der Waals surface area contributed by atoms with Gasteiger partial charge in [0.2, 0.25) is 0 Å². The van der Waals surface area contributed by atoms with Crippen molar-refractivity contribution in [3.63, 3.8) is 0 Å². The highest BCUT2D eigenvalue weighted by molar-refractivity contribution is 5.65. The molecule has 0 bridgehead atoms. The first-order chi connectivity index (χ1) is 17.2. The van der Waals surface area contributed by atoms with Crippen LogP contribution in [0.15, 0.2) is 54.6 Å². The van der Waals surface area contributed by atoms with E-state index in [0.717, 1.165) is 68.1 Å². The lowest BCUT2D eigenvalue weighted by Gasteiger charge is -2.29. The molecule has 2 nitrogen and oxygen atoms in total. The van der Waals surface area contributed by atoms with Crippen molar-refractivity contribution < 1.29 is 35.8 Å². The lowest BCUT2D eigenvalue weighted by atomic mass is 9.79. The van der Waals surface area contributed by atoms with Gasteiger partial charge in [-0.15, -0.1) is 0 Å². The minimum atomic E-state index is -4.06. The van der Waals surface area contributed by atoms with Gasteiger partial charge in [-0.2, -0.15) is 8.78 Å². The number of benzene rings is 3. The van der Waals surface area contributed by atoms with Gasteiger partial charge in [-0.1, -0.05) is 12.1 Å². The van der Waals surface area contributed by atoms with Crippen molar-refractivity contribution in [3.8, 4) is 16.9 Å². The predicted molar refractivity (Wildman–Crippen MR) is 124 cm³/mol. The van der Waals surface area contributed by atoms with Gasteiger partial charge in [0.05, 0.1) is 5.56 Å². The minimum absolute atomic E-state index is 0.0262. The SMILES string of the molecule is CCOCC1CCC(c2ccc(C(F)(F)Oc3ccc(-c4ccc(F)c(F)c4)c(F)c3)c(F)c2)CC1. The van der Waals surface area contributed by atoms with E-state index in [4.69, 9.17) is 4.74 Å². The van der Waals surface area contributed by atoms with Gasteiger partial charge < -0.3 is 9.47 Å². The summed E-state index contributed by atoms with van der Waals surface area (Å²) in [4.78, 5) is 0. The Morgan fingerprint density at radius 3 is 2.17 bits per heavy atom. The summed E-state index contributed by atoms with van der Waals surface area (Å²) in [5, 5.41) is 0. The molecule has 0 heterocycles. The summed E-state index contributed by atoms with van der Waals surface area (Å²) in [6.07, 6.45) is -0.549. The van der Waals surface area contributed by atoms with Crippen LogP contribution in [-0.2, 0) is 10.8 Å². The van der Waals surface area contributed by atoms with Crippen LogP contribution in [0, 0.1) is 29.2 Å². The van der Waals surface area contributed by atoms with Gasteiger partial charge in [0.25, 0.3) is 0 Å². The molecule has 0 radical (unpaired) electrons. The van der Waals surface area contributed by atoms with Gasteiger partial charge in [-0.25, -0.2) is 17.6 Å². The van der Waals surface area contributed by atoms with Crippen molar-refractivity contribution >= 4 is 0 Å². The standard InChI is InChI=1S/C28H26F6O2/c1-2-35-16-17-3-5-18(6-4-17)19-7-11-23(26(31)13-19)28(33,34)36-21-9-10-22(25(30)15-21)20-8-12-24(29)27(32)14-20/h7-15,17-18H,2-6,16H2,1H3. The number of ether oxygens (including phenoxy) is 2. The molecule has 192 valence electrons. The first kappa shape index (κ1) is 26.1. The van der Waals surface area contributed by atoms with Gasteiger partial charge in [-0.3, -0.25) is 0 Å². The molecule has 4 rings (SSSR count). The van der Waals surface area contributed by atoms with E-state index in [1.165, 1.54) is 6.07 Å². The first-order valence-corrected chi connectivity index (χ1v) is 11.9. The largest absolute Gasteiger partial charge is 0.429 e. The lowest BCUT2D eigenvalue weighted by molar-refractivity contribution is -0.187. The van der Waals surface area contributed by atoms with Crippen LogP contribution in [0.1, 0.15) is 49.7 Å². The molecule has 0 saturated heterocycles. The zero-order valence-corrected chi connectivity index (χ0v) is 19.7. The summed E-state index contributed by atoms with van der Waals surface area (Å²) in [5.41, 5.74) is -0.403. The maximum atomic E-state index is 14.8. The van der Waals surface area contributed by atoms with Gasteiger partial charge in [0.1, 0.15) is 17.4 Å². The molecule has 1 saturated carbocycles. The summed E-state index contributed by atoms with van der Waals surface area (Å²) in [5.74, 6) is -4.36. The van der Waals surface area contributed by atoms with Crippen LogP contribution in [0.2, 0.25) is 0 Å². The van der Waals surface area contributed by atoms with Crippen molar-refractivity contribution in [2.45, 2.75) is 44.6 Å². The topological polar surface area (TPSA) is 18.5 Å². The van der Waals surface area contributed by atoms with E-state index in [2.05, 4.69) is 4.74 Å². The second kappa shape index (κ2) is 10.9. The van der Waals surface area contributed by atoms with E-state index in [9.17, 15) is 26.3 Å². The quantitative estimate of drug-likeness (QED) is 0.285. The number of halogens is 6. The Bertz CT molecular complexity index is 1200. The Morgan fingerprint density at radius 2 is 1.53 bits per heavy atom. The molecule has 0 unspecified atom stereocenters. The number of hydrogen-bond donors (Lipinski definition) is 0. The number of alkyl halides is 2. The van der Waals surface area contributed by atoms with Crippen molar-refractivity contribution in [2.24, 2.45) is 5.92 Å². The van der Waals surface area contributed by atoms with Crippen LogP contribution < -0.4 is 4.74 Å². The molecule has 8 heteroatoms. The molecular weight excluding hydrogens is 482 g/mol. The van der Waals surface area contributed by atoms with Gasteiger partial charge in [0, 0.05) is 24.8 Å². The highest BCUT2D eigenvalue weighted by Crippen LogP contribution is 2.39. The smallest absolute Gasteiger partial charge is 0.429 e. The maximum Gasteiger partial charge on any atom is 0.429 e. The van der Waals surface area contributed by atoms with E-state index >= 15 is 0 Å². The highest BCUT2D eigenvalue weighted by atomic mass is 19.3. The van der Waals surface area contributed by atoms with Gasteiger partial charge >= 0.3 is 6.11 Å². The molecule has 3 aromatic carbocycles. The molecule has 3 aromatic rings. The van der Waals surface area contributed by atoms with Crippen LogP contribution in [0.3, 0.4) is 0 Å².